The Morgan fingerprint density at radius 1 is 1.18 bits per heavy atom. The van der Waals surface area contributed by atoms with E-state index in [1.54, 1.807) is 18.5 Å². The number of hydrogen-bond donors (Lipinski definition) is 1. The summed E-state index contributed by atoms with van der Waals surface area (Å²) in [7, 11) is 0. The molecule has 0 atom stereocenters. The van der Waals surface area contributed by atoms with Crippen LogP contribution in [0.15, 0.2) is 79.7 Å². The van der Waals surface area contributed by atoms with E-state index in [0.717, 1.165) is 28.5 Å². The zero-order chi connectivity index (χ0) is 24.7. The van der Waals surface area contributed by atoms with Crippen LogP contribution in [0.3, 0.4) is 0 Å². The molecule has 0 spiro atoms. The Labute approximate surface area is 194 Å². The molecule has 1 amide bonds. The molecular weight excluding hydrogens is 427 g/mol. The van der Waals surface area contributed by atoms with Gasteiger partial charge in [0.1, 0.15) is 0 Å². The SMILES string of the molecule is C=C/C=C\C.CC(=O)N(C/C=C/CC(F)(F)F)Cc1cccc(NCc2ccncc2)c1C. The molecule has 0 aliphatic carbocycles. The molecule has 4 nitrogen and oxygen atoms in total. The van der Waals surface area contributed by atoms with E-state index in [4.69, 9.17) is 0 Å². The number of anilines is 1. The zero-order valence-corrected chi connectivity index (χ0v) is 19.4. The number of aromatic nitrogens is 1. The van der Waals surface area contributed by atoms with Crippen LogP contribution in [0.5, 0.6) is 0 Å². The molecule has 0 bridgehead atoms. The quantitative estimate of drug-likeness (QED) is 0.339. The molecule has 1 aromatic heterocycles. The van der Waals surface area contributed by atoms with Crippen molar-refractivity contribution in [2.75, 3.05) is 11.9 Å². The smallest absolute Gasteiger partial charge is 0.381 e. The summed E-state index contributed by atoms with van der Waals surface area (Å²) in [5.41, 5.74) is 3.99. The highest BCUT2D eigenvalue weighted by atomic mass is 19.4. The molecule has 1 heterocycles. The molecule has 1 aromatic carbocycles. The molecular formula is C26H32F3N3O. The minimum absolute atomic E-state index is 0.138. The topological polar surface area (TPSA) is 45.2 Å². The maximum atomic E-state index is 12.2. The molecule has 0 radical (unpaired) electrons. The third-order valence-corrected chi connectivity index (χ3v) is 4.66. The lowest BCUT2D eigenvalue weighted by molar-refractivity contribution is -0.128. The first-order chi connectivity index (χ1) is 15.7. The van der Waals surface area contributed by atoms with Crippen molar-refractivity contribution in [1.29, 1.82) is 0 Å². The highest BCUT2D eigenvalue weighted by molar-refractivity contribution is 5.73. The van der Waals surface area contributed by atoms with Gasteiger partial charge in [0.25, 0.3) is 0 Å². The van der Waals surface area contributed by atoms with Gasteiger partial charge in [-0.3, -0.25) is 9.78 Å². The Balaban J connectivity index is 0.000000981. The summed E-state index contributed by atoms with van der Waals surface area (Å²) in [6.07, 6.45) is 6.25. The monoisotopic (exact) mass is 459 g/mol. The van der Waals surface area contributed by atoms with Gasteiger partial charge >= 0.3 is 6.18 Å². The molecule has 0 saturated heterocycles. The predicted octanol–water partition coefficient (Wildman–Crippen LogP) is 6.61. The average Bonchev–Trinajstić information content (AvgIpc) is 2.77. The second-order valence-electron chi connectivity index (χ2n) is 7.25. The van der Waals surface area contributed by atoms with Gasteiger partial charge in [-0.1, -0.05) is 49.1 Å². The summed E-state index contributed by atoms with van der Waals surface area (Å²) >= 11 is 0. The first-order valence-electron chi connectivity index (χ1n) is 10.6. The van der Waals surface area contributed by atoms with Crippen LogP contribution >= 0.6 is 0 Å². The van der Waals surface area contributed by atoms with Gasteiger partial charge in [-0.2, -0.15) is 13.2 Å². The maximum Gasteiger partial charge on any atom is 0.392 e. The number of alkyl halides is 3. The summed E-state index contributed by atoms with van der Waals surface area (Å²) in [5.74, 6) is -0.189. The molecule has 33 heavy (non-hydrogen) atoms. The average molecular weight is 460 g/mol. The highest BCUT2D eigenvalue weighted by Gasteiger charge is 2.24. The van der Waals surface area contributed by atoms with Crippen molar-refractivity contribution in [3.05, 3.63) is 96.4 Å². The Kier molecular flexibility index (Phi) is 12.3. The predicted molar refractivity (Wildman–Crippen MR) is 129 cm³/mol. The van der Waals surface area contributed by atoms with Gasteiger partial charge in [0.15, 0.2) is 0 Å². The summed E-state index contributed by atoms with van der Waals surface area (Å²) in [6.45, 7) is 9.92. The third-order valence-electron chi connectivity index (χ3n) is 4.66. The van der Waals surface area contributed by atoms with Crippen LogP contribution in [0, 0.1) is 6.92 Å². The fourth-order valence-corrected chi connectivity index (χ4v) is 2.81. The van der Waals surface area contributed by atoms with Gasteiger partial charge < -0.3 is 10.2 Å². The molecule has 0 unspecified atom stereocenters. The van der Waals surface area contributed by atoms with Crippen LogP contribution in [0.4, 0.5) is 18.9 Å². The van der Waals surface area contributed by atoms with Crippen molar-refractivity contribution in [2.24, 2.45) is 0 Å². The summed E-state index contributed by atoms with van der Waals surface area (Å²) in [5, 5.41) is 3.37. The summed E-state index contributed by atoms with van der Waals surface area (Å²) in [6, 6.07) is 9.63. The first-order valence-corrected chi connectivity index (χ1v) is 10.6. The van der Waals surface area contributed by atoms with Gasteiger partial charge in [0.2, 0.25) is 5.91 Å². The van der Waals surface area contributed by atoms with Crippen molar-refractivity contribution < 1.29 is 18.0 Å². The van der Waals surface area contributed by atoms with Crippen LogP contribution in [-0.2, 0) is 17.9 Å². The largest absolute Gasteiger partial charge is 0.392 e. The van der Waals surface area contributed by atoms with E-state index in [1.165, 1.54) is 17.9 Å². The number of pyridine rings is 1. The van der Waals surface area contributed by atoms with E-state index in [-0.39, 0.29) is 12.5 Å². The maximum absolute atomic E-state index is 12.2. The van der Waals surface area contributed by atoms with Gasteiger partial charge in [0, 0.05) is 44.6 Å². The lowest BCUT2D eigenvalue weighted by Crippen LogP contribution is -2.28. The van der Waals surface area contributed by atoms with Crippen LogP contribution in [0.2, 0.25) is 0 Å². The van der Waals surface area contributed by atoms with Crippen molar-refractivity contribution in [1.82, 2.24) is 9.88 Å². The van der Waals surface area contributed by atoms with Crippen LogP contribution in [-0.4, -0.2) is 28.5 Å². The molecule has 2 aromatic rings. The summed E-state index contributed by atoms with van der Waals surface area (Å²) in [4.78, 5) is 17.4. The standard InChI is InChI=1S/C21H24F3N3O.C5H8/c1-16-19(15-27(17(2)28)13-4-3-10-21(22,23)24)6-5-7-20(16)26-14-18-8-11-25-12-9-18;1-3-5-4-2/h3-9,11-12,26H,10,13-15H2,1-2H3;3-5H,1H2,2H3/b4-3+;5-4-. The molecule has 0 saturated carbocycles. The van der Waals surface area contributed by atoms with Crippen molar-refractivity contribution in [3.8, 4) is 0 Å². The number of carbonyl (C=O) groups is 1. The normalized spacial score (nSPS) is 11.2. The van der Waals surface area contributed by atoms with Crippen LogP contribution < -0.4 is 5.32 Å². The van der Waals surface area contributed by atoms with E-state index in [2.05, 4.69) is 16.9 Å². The second-order valence-corrected chi connectivity index (χ2v) is 7.25. The second kappa shape index (κ2) is 14.7. The van der Waals surface area contributed by atoms with Gasteiger partial charge in [-0.05, 0) is 48.7 Å². The van der Waals surface area contributed by atoms with Gasteiger partial charge in [-0.25, -0.2) is 0 Å². The van der Waals surface area contributed by atoms with E-state index in [9.17, 15) is 18.0 Å². The molecule has 7 heteroatoms. The van der Waals surface area contributed by atoms with Crippen LogP contribution in [0.25, 0.3) is 0 Å². The number of carbonyl (C=O) groups excluding carboxylic acids is 1. The van der Waals surface area contributed by atoms with Crippen molar-refractivity contribution >= 4 is 11.6 Å². The molecule has 1 N–H and O–H groups in total. The van der Waals surface area contributed by atoms with E-state index < -0.39 is 12.6 Å². The number of amides is 1. The number of halogens is 3. The Hall–Kier alpha value is -3.35. The minimum Gasteiger partial charge on any atom is -0.381 e. The van der Waals surface area contributed by atoms with Crippen molar-refractivity contribution in [2.45, 2.75) is 46.5 Å². The molecule has 0 aliphatic rings. The Bertz CT molecular complexity index is 922. The van der Waals surface area contributed by atoms with E-state index in [0.29, 0.717) is 13.1 Å². The zero-order valence-electron chi connectivity index (χ0n) is 19.4. The van der Waals surface area contributed by atoms with Crippen molar-refractivity contribution in [3.63, 3.8) is 0 Å². The highest BCUT2D eigenvalue weighted by Crippen LogP contribution is 2.22. The van der Waals surface area contributed by atoms with Gasteiger partial charge in [-0.15, -0.1) is 0 Å². The van der Waals surface area contributed by atoms with E-state index in [1.807, 2.05) is 56.3 Å². The Morgan fingerprint density at radius 3 is 2.42 bits per heavy atom. The molecule has 178 valence electrons. The summed E-state index contributed by atoms with van der Waals surface area (Å²) < 4.78 is 36.7. The number of allylic oxidation sites excluding steroid dienone is 4. The lowest BCUT2D eigenvalue weighted by Gasteiger charge is -2.22. The number of benzene rings is 1. The Morgan fingerprint density at radius 2 is 1.88 bits per heavy atom. The molecule has 0 aliphatic heterocycles. The number of rotatable bonds is 9. The fraction of sp³-hybridized carbons (Fsp3) is 0.308. The number of nitrogens with one attached hydrogen (secondary N) is 1. The fourth-order valence-electron chi connectivity index (χ4n) is 2.81. The molecule has 0 fully saturated rings. The van der Waals surface area contributed by atoms with Gasteiger partial charge in [0.05, 0.1) is 6.42 Å². The lowest BCUT2D eigenvalue weighted by atomic mass is 10.1. The third kappa shape index (κ3) is 11.7. The van der Waals surface area contributed by atoms with E-state index >= 15 is 0 Å². The molecule has 2 rings (SSSR count). The van der Waals surface area contributed by atoms with Crippen LogP contribution in [0.1, 0.15) is 37.0 Å². The first kappa shape index (κ1) is 27.7. The number of hydrogen-bond acceptors (Lipinski definition) is 3. The minimum atomic E-state index is -4.23. The number of nitrogens with zero attached hydrogens (tertiary/aromatic N) is 2.